The van der Waals surface area contributed by atoms with Crippen LogP contribution in [0.5, 0.6) is 5.75 Å². The fraction of sp³-hybridized carbons (Fsp3) is 0.375. The molecule has 5 rings (SSSR count). The zero-order chi connectivity index (χ0) is 29.3. The molecule has 2 N–H and O–H groups in total. The van der Waals surface area contributed by atoms with E-state index in [1.807, 2.05) is 46.2 Å². The van der Waals surface area contributed by atoms with Crippen LogP contribution in [-0.2, 0) is 11.2 Å². The number of carbonyl (C=O) groups is 3. The molecular weight excluding hydrogens is 532 g/mol. The van der Waals surface area contributed by atoms with Gasteiger partial charge in [-0.3, -0.25) is 19.4 Å². The molecule has 0 bridgehead atoms. The Bertz CT molecular complexity index is 1370. The Morgan fingerprint density at radius 3 is 2.43 bits per heavy atom. The molecule has 0 radical (unpaired) electrons. The standard InChI is InChI=1S/C32H38N6O4/c1-42-27-9-6-24(7-10-27)21-30(39)35-28-22-25(31(40)37-15-3-13-33-14-18-37)8-11-29(28)36-16-4-17-38(20-19-36)32(41)26-5-2-12-34-23-26/h2,5-12,22-23,33H,3-4,13-21H2,1H3,(H,35,39). The molecule has 2 aliphatic rings. The van der Waals surface area contributed by atoms with Gasteiger partial charge < -0.3 is 30.1 Å². The van der Waals surface area contributed by atoms with E-state index in [-0.39, 0.29) is 24.1 Å². The fourth-order valence-electron chi connectivity index (χ4n) is 5.43. The average Bonchev–Trinajstić information content (AvgIpc) is 3.45. The fourth-order valence-corrected chi connectivity index (χ4v) is 5.43. The van der Waals surface area contributed by atoms with E-state index >= 15 is 0 Å². The van der Waals surface area contributed by atoms with Gasteiger partial charge in [0, 0.05) is 63.8 Å². The van der Waals surface area contributed by atoms with E-state index in [9.17, 15) is 14.4 Å². The molecule has 0 spiro atoms. The van der Waals surface area contributed by atoms with Gasteiger partial charge in [-0.25, -0.2) is 0 Å². The molecule has 0 aliphatic carbocycles. The van der Waals surface area contributed by atoms with E-state index in [1.54, 1.807) is 37.7 Å². The lowest BCUT2D eigenvalue weighted by Gasteiger charge is -2.27. The molecule has 3 amide bonds. The summed E-state index contributed by atoms with van der Waals surface area (Å²) in [5.41, 5.74) is 3.41. The maximum Gasteiger partial charge on any atom is 0.255 e. The van der Waals surface area contributed by atoms with Crippen LogP contribution >= 0.6 is 0 Å². The van der Waals surface area contributed by atoms with Crippen molar-refractivity contribution >= 4 is 29.1 Å². The van der Waals surface area contributed by atoms with Gasteiger partial charge in [0.25, 0.3) is 11.8 Å². The van der Waals surface area contributed by atoms with Crippen molar-refractivity contribution in [2.24, 2.45) is 0 Å². The van der Waals surface area contributed by atoms with Crippen LogP contribution in [0.25, 0.3) is 0 Å². The number of hydrogen-bond acceptors (Lipinski definition) is 7. The summed E-state index contributed by atoms with van der Waals surface area (Å²) >= 11 is 0. The smallest absolute Gasteiger partial charge is 0.255 e. The highest BCUT2D eigenvalue weighted by Gasteiger charge is 2.24. The van der Waals surface area contributed by atoms with Crippen molar-refractivity contribution in [2.75, 3.05) is 69.7 Å². The van der Waals surface area contributed by atoms with Gasteiger partial charge in [0.05, 0.1) is 30.5 Å². The van der Waals surface area contributed by atoms with Crippen LogP contribution in [-0.4, -0.2) is 92.0 Å². The maximum absolute atomic E-state index is 13.4. The highest BCUT2D eigenvalue weighted by atomic mass is 16.5. The van der Waals surface area contributed by atoms with Crippen LogP contribution in [0.1, 0.15) is 39.1 Å². The minimum absolute atomic E-state index is 0.0362. The molecule has 42 heavy (non-hydrogen) atoms. The van der Waals surface area contributed by atoms with Gasteiger partial charge in [-0.05, 0) is 67.4 Å². The lowest BCUT2D eigenvalue weighted by molar-refractivity contribution is -0.115. The number of methoxy groups -OCH3 is 1. The van der Waals surface area contributed by atoms with Crippen molar-refractivity contribution in [2.45, 2.75) is 19.3 Å². The Morgan fingerprint density at radius 2 is 1.64 bits per heavy atom. The first-order valence-corrected chi connectivity index (χ1v) is 14.5. The minimum Gasteiger partial charge on any atom is -0.497 e. The number of amides is 3. The van der Waals surface area contributed by atoms with Gasteiger partial charge in [0.2, 0.25) is 5.91 Å². The molecule has 1 aromatic heterocycles. The molecule has 2 saturated heterocycles. The molecule has 0 unspecified atom stereocenters. The summed E-state index contributed by atoms with van der Waals surface area (Å²) in [5, 5.41) is 6.43. The van der Waals surface area contributed by atoms with Gasteiger partial charge >= 0.3 is 0 Å². The van der Waals surface area contributed by atoms with E-state index < -0.39 is 0 Å². The zero-order valence-electron chi connectivity index (χ0n) is 24.1. The largest absolute Gasteiger partial charge is 0.497 e. The Kier molecular flexibility index (Phi) is 9.66. The van der Waals surface area contributed by atoms with Crippen LogP contribution < -0.4 is 20.3 Å². The van der Waals surface area contributed by atoms with Crippen molar-refractivity contribution in [3.8, 4) is 5.75 Å². The topological polar surface area (TPSA) is 107 Å². The minimum atomic E-state index is -0.173. The molecule has 2 aromatic carbocycles. The van der Waals surface area contributed by atoms with Crippen LogP contribution in [0.2, 0.25) is 0 Å². The molecule has 220 valence electrons. The first kappa shape index (κ1) is 29.1. The number of rotatable bonds is 7. The normalized spacial score (nSPS) is 15.9. The van der Waals surface area contributed by atoms with Crippen molar-refractivity contribution in [3.05, 3.63) is 83.7 Å². The number of aromatic nitrogens is 1. The SMILES string of the molecule is COc1ccc(CC(=O)Nc2cc(C(=O)N3CCCNCC3)ccc2N2CCCN(C(=O)c3cccnc3)CC2)cc1. The lowest BCUT2D eigenvalue weighted by atomic mass is 10.1. The molecular formula is C32H38N6O4. The predicted molar refractivity (Wildman–Crippen MR) is 162 cm³/mol. The molecule has 10 heteroatoms. The van der Waals surface area contributed by atoms with E-state index in [2.05, 4.69) is 20.5 Å². The maximum atomic E-state index is 13.4. The highest BCUT2D eigenvalue weighted by molar-refractivity contribution is 6.00. The summed E-state index contributed by atoms with van der Waals surface area (Å²) in [7, 11) is 1.61. The second-order valence-electron chi connectivity index (χ2n) is 10.6. The number of nitrogens with one attached hydrogen (secondary N) is 2. The van der Waals surface area contributed by atoms with Crippen molar-refractivity contribution in [3.63, 3.8) is 0 Å². The Hall–Kier alpha value is -4.44. The summed E-state index contributed by atoms with van der Waals surface area (Å²) in [4.78, 5) is 49.8. The number of anilines is 2. The number of benzene rings is 2. The number of ether oxygens (including phenoxy) is 1. The first-order valence-electron chi connectivity index (χ1n) is 14.5. The van der Waals surface area contributed by atoms with Crippen LogP contribution in [0.3, 0.4) is 0 Å². The van der Waals surface area contributed by atoms with Crippen molar-refractivity contribution in [1.29, 1.82) is 0 Å². The Labute approximate surface area is 246 Å². The second-order valence-corrected chi connectivity index (χ2v) is 10.6. The quantitative estimate of drug-likeness (QED) is 0.450. The number of pyridine rings is 1. The van der Waals surface area contributed by atoms with Gasteiger partial charge in [-0.2, -0.15) is 0 Å². The highest BCUT2D eigenvalue weighted by Crippen LogP contribution is 2.30. The third kappa shape index (κ3) is 7.25. The molecule has 0 atom stereocenters. The zero-order valence-corrected chi connectivity index (χ0v) is 24.1. The monoisotopic (exact) mass is 570 g/mol. The second kappa shape index (κ2) is 14.0. The van der Waals surface area contributed by atoms with E-state index in [4.69, 9.17) is 4.74 Å². The Balaban J connectivity index is 1.36. The lowest BCUT2D eigenvalue weighted by Crippen LogP contribution is -2.35. The summed E-state index contributed by atoms with van der Waals surface area (Å²) < 4.78 is 5.23. The first-order chi connectivity index (χ1) is 20.5. The third-order valence-corrected chi connectivity index (χ3v) is 7.70. The van der Waals surface area contributed by atoms with E-state index in [0.717, 1.165) is 42.9 Å². The van der Waals surface area contributed by atoms with Gasteiger partial charge in [-0.15, -0.1) is 0 Å². The number of hydrogen-bond donors (Lipinski definition) is 2. The number of nitrogens with zero attached hydrogens (tertiary/aromatic N) is 4. The summed E-state index contributed by atoms with van der Waals surface area (Å²) in [6.07, 6.45) is 5.11. The van der Waals surface area contributed by atoms with Crippen LogP contribution in [0.4, 0.5) is 11.4 Å². The number of carbonyl (C=O) groups excluding carboxylic acids is 3. The van der Waals surface area contributed by atoms with E-state index in [1.165, 1.54) is 0 Å². The molecule has 2 fully saturated rings. The third-order valence-electron chi connectivity index (χ3n) is 7.70. The van der Waals surface area contributed by atoms with Gasteiger partial charge in [0.1, 0.15) is 5.75 Å². The molecule has 2 aliphatic heterocycles. The summed E-state index contributed by atoms with van der Waals surface area (Å²) in [6, 6.07) is 16.5. The molecule has 3 heterocycles. The predicted octanol–water partition coefficient (Wildman–Crippen LogP) is 3.06. The molecule has 0 saturated carbocycles. The summed E-state index contributed by atoms with van der Waals surface area (Å²) in [6.45, 7) is 5.47. The van der Waals surface area contributed by atoms with Crippen LogP contribution in [0, 0.1) is 0 Å². The molecule has 3 aromatic rings. The molecule has 10 nitrogen and oxygen atoms in total. The van der Waals surface area contributed by atoms with E-state index in [0.29, 0.717) is 56.1 Å². The Morgan fingerprint density at radius 1 is 0.857 bits per heavy atom. The average molecular weight is 571 g/mol. The van der Waals surface area contributed by atoms with Gasteiger partial charge in [-0.1, -0.05) is 12.1 Å². The summed E-state index contributed by atoms with van der Waals surface area (Å²) in [5.74, 6) is 0.479. The van der Waals surface area contributed by atoms with Gasteiger partial charge in [0.15, 0.2) is 0 Å². The van der Waals surface area contributed by atoms with Crippen LogP contribution in [0.15, 0.2) is 67.0 Å². The van der Waals surface area contributed by atoms with Crippen molar-refractivity contribution < 1.29 is 19.1 Å². The van der Waals surface area contributed by atoms with Crippen molar-refractivity contribution in [1.82, 2.24) is 20.1 Å².